The molecule has 0 aliphatic heterocycles. The molecule has 0 saturated carbocycles. The van der Waals surface area contributed by atoms with Crippen LogP contribution in [0, 0.1) is 6.92 Å². The van der Waals surface area contributed by atoms with Crippen molar-refractivity contribution in [3.63, 3.8) is 0 Å². The first-order valence-electron chi connectivity index (χ1n) is 10.5. The third-order valence-electron chi connectivity index (χ3n) is 5.28. The van der Waals surface area contributed by atoms with Crippen LogP contribution in [0.25, 0.3) is 37.9 Å². The zero-order chi connectivity index (χ0) is 24.5. The number of fused-ring (bicyclic) bond motifs is 1. The lowest BCUT2D eigenvalue weighted by atomic mass is 9.93. The highest BCUT2D eigenvalue weighted by Gasteiger charge is 2.30. The maximum atomic E-state index is 13.2. The van der Waals surface area contributed by atoms with Crippen molar-refractivity contribution in [2.45, 2.75) is 20.0 Å². The number of benzene rings is 3. The summed E-state index contributed by atoms with van der Waals surface area (Å²) in [6.07, 6.45) is -3.35. The fourth-order valence-electron chi connectivity index (χ4n) is 3.86. The Bertz CT molecular complexity index is 1390. The summed E-state index contributed by atoms with van der Waals surface area (Å²) in [6, 6.07) is 20.3. The first kappa shape index (κ1) is 23.6. The highest BCUT2D eigenvalue weighted by atomic mass is 32.1. The van der Waals surface area contributed by atoms with Gasteiger partial charge < -0.3 is 9.84 Å². The smallest absolute Gasteiger partial charge is 0.422 e. The average molecular weight is 483 g/mol. The van der Waals surface area contributed by atoms with Crippen molar-refractivity contribution in [1.82, 2.24) is 0 Å². The molecule has 0 bridgehead atoms. The minimum absolute atomic E-state index is 0.159. The van der Waals surface area contributed by atoms with E-state index < -0.39 is 18.8 Å². The summed E-state index contributed by atoms with van der Waals surface area (Å²) in [5.41, 5.74) is 4.08. The molecule has 1 N–H and O–H groups in total. The summed E-state index contributed by atoms with van der Waals surface area (Å²) >= 11 is 1.43. The van der Waals surface area contributed by atoms with Gasteiger partial charge in [-0.25, -0.2) is 4.79 Å². The van der Waals surface area contributed by atoms with Gasteiger partial charge in [0.05, 0.1) is 0 Å². The summed E-state index contributed by atoms with van der Waals surface area (Å²) < 4.78 is 45.8. The summed E-state index contributed by atoms with van der Waals surface area (Å²) in [6.45, 7) is 2.20. The van der Waals surface area contributed by atoms with E-state index in [1.54, 1.807) is 6.92 Å². The zero-order valence-corrected chi connectivity index (χ0v) is 19.3. The Balaban J connectivity index is 1.96. The Hall–Kier alpha value is -3.58. The molecule has 1 heterocycles. The summed E-state index contributed by atoms with van der Waals surface area (Å²) in [4.78, 5) is 11.9. The first-order valence-corrected chi connectivity index (χ1v) is 11.3. The van der Waals surface area contributed by atoms with Crippen molar-refractivity contribution in [3.8, 4) is 28.0 Å². The quantitative estimate of drug-likeness (QED) is 0.284. The number of carboxylic acid groups (broad SMARTS) is 1. The first-order chi connectivity index (χ1) is 16.1. The van der Waals surface area contributed by atoms with E-state index in [2.05, 4.69) is 0 Å². The van der Waals surface area contributed by atoms with Gasteiger partial charge in [0.1, 0.15) is 5.75 Å². The monoisotopic (exact) mass is 482 g/mol. The molecule has 0 fully saturated rings. The van der Waals surface area contributed by atoms with Gasteiger partial charge in [-0.2, -0.15) is 13.2 Å². The van der Waals surface area contributed by atoms with Crippen LogP contribution in [0.1, 0.15) is 17.4 Å². The van der Waals surface area contributed by atoms with Crippen LogP contribution in [0.2, 0.25) is 0 Å². The van der Waals surface area contributed by atoms with E-state index in [1.165, 1.54) is 11.3 Å². The van der Waals surface area contributed by atoms with Crippen LogP contribution >= 0.6 is 11.3 Å². The van der Waals surface area contributed by atoms with Crippen molar-refractivity contribution in [1.29, 1.82) is 0 Å². The highest BCUT2D eigenvalue weighted by molar-refractivity contribution is 7.20. The maximum Gasteiger partial charge on any atom is 0.422 e. The van der Waals surface area contributed by atoms with Crippen molar-refractivity contribution >= 4 is 33.0 Å². The summed E-state index contributed by atoms with van der Waals surface area (Å²) in [5, 5.41) is 9.92. The van der Waals surface area contributed by atoms with Gasteiger partial charge in [0.2, 0.25) is 0 Å². The minimum Gasteiger partial charge on any atom is -0.483 e. The molecule has 4 rings (SSSR count). The second-order valence-corrected chi connectivity index (χ2v) is 9.04. The van der Waals surface area contributed by atoms with E-state index >= 15 is 0 Å². The van der Waals surface area contributed by atoms with Crippen LogP contribution in [-0.4, -0.2) is 23.9 Å². The fourth-order valence-corrected chi connectivity index (χ4v) is 4.92. The normalized spacial score (nSPS) is 12.2. The number of hydrogen-bond acceptors (Lipinski definition) is 3. The molecule has 0 amide bonds. The van der Waals surface area contributed by atoms with Crippen molar-refractivity contribution in [2.75, 3.05) is 6.61 Å². The molecule has 34 heavy (non-hydrogen) atoms. The lowest BCUT2D eigenvalue weighted by Crippen LogP contribution is -2.20. The summed E-state index contributed by atoms with van der Waals surface area (Å²) in [5.74, 6) is -0.878. The van der Waals surface area contributed by atoms with Crippen LogP contribution in [0.3, 0.4) is 0 Å². The van der Waals surface area contributed by atoms with E-state index in [4.69, 9.17) is 9.84 Å². The van der Waals surface area contributed by atoms with Crippen LogP contribution in [-0.2, 0) is 4.79 Å². The molecule has 174 valence electrons. The predicted molar refractivity (Wildman–Crippen MR) is 130 cm³/mol. The molecule has 3 nitrogen and oxygen atoms in total. The summed E-state index contributed by atoms with van der Waals surface area (Å²) in [7, 11) is 0. The van der Waals surface area contributed by atoms with Gasteiger partial charge in [-0.15, -0.1) is 11.3 Å². The molecule has 4 aromatic rings. The van der Waals surface area contributed by atoms with Gasteiger partial charge in [-0.1, -0.05) is 42.5 Å². The Morgan fingerprint density at radius 1 is 1.00 bits per heavy atom. The van der Waals surface area contributed by atoms with Gasteiger partial charge in [-0.3, -0.25) is 0 Å². The van der Waals surface area contributed by atoms with Crippen LogP contribution in [0.15, 0.2) is 72.8 Å². The Morgan fingerprint density at radius 2 is 1.71 bits per heavy atom. The van der Waals surface area contributed by atoms with Crippen LogP contribution in [0.4, 0.5) is 13.2 Å². The average Bonchev–Trinajstić information content (AvgIpc) is 3.22. The second kappa shape index (κ2) is 9.35. The lowest BCUT2D eigenvalue weighted by Gasteiger charge is -2.19. The van der Waals surface area contributed by atoms with E-state index in [-0.39, 0.29) is 5.75 Å². The van der Waals surface area contributed by atoms with E-state index in [0.29, 0.717) is 16.7 Å². The SMILES string of the molecule is CC(=CC(=O)O)c1cc2c(-c3cc(C)cc(-c4ccccc4)c3OCC(F)(F)F)cccc2s1. The number of thiophene rings is 1. The number of rotatable bonds is 6. The number of aliphatic carboxylic acids is 1. The molecule has 0 unspecified atom stereocenters. The Kier molecular flexibility index (Phi) is 6.48. The largest absolute Gasteiger partial charge is 0.483 e. The number of allylic oxidation sites excluding steroid dienone is 1. The van der Waals surface area contributed by atoms with E-state index in [1.807, 2.05) is 73.7 Å². The molecule has 1 aromatic heterocycles. The molecule has 0 atom stereocenters. The van der Waals surface area contributed by atoms with Gasteiger partial charge in [0, 0.05) is 32.2 Å². The lowest BCUT2D eigenvalue weighted by molar-refractivity contribution is -0.153. The molecule has 0 aliphatic carbocycles. The van der Waals surface area contributed by atoms with Gasteiger partial charge in [-0.05, 0) is 60.4 Å². The predicted octanol–water partition coefficient (Wildman–Crippen LogP) is 7.97. The second-order valence-electron chi connectivity index (χ2n) is 7.95. The third kappa shape index (κ3) is 5.15. The van der Waals surface area contributed by atoms with Gasteiger partial charge >= 0.3 is 12.1 Å². The molecule has 7 heteroatoms. The Labute approximate surface area is 198 Å². The topological polar surface area (TPSA) is 46.5 Å². The zero-order valence-electron chi connectivity index (χ0n) is 18.4. The maximum absolute atomic E-state index is 13.2. The van der Waals surface area contributed by atoms with E-state index in [0.717, 1.165) is 37.7 Å². The molecule has 0 radical (unpaired) electrons. The van der Waals surface area contributed by atoms with Crippen molar-refractivity contribution < 1.29 is 27.8 Å². The Morgan fingerprint density at radius 3 is 2.38 bits per heavy atom. The van der Waals surface area contributed by atoms with Crippen molar-refractivity contribution in [3.05, 3.63) is 83.2 Å². The number of aryl methyl sites for hydroxylation is 1. The molecular formula is C27H21F3O3S. The molecule has 0 saturated heterocycles. The standard InChI is InChI=1S/C27H21F3O3S/c1-16-11-20(18-7-4-3-5-8-18)26(33-15-27(28,29)30)22(12-16)19-9-6-10-23-21(19)14-24(34-23)17(2)13-25(31)32/h3-14H,15H2,1-2H3,(H,31,32). The molecular weight excluding hydrogens is 461 g/mol. The minimum atomic E-state index is -4.49. The number of halogens is 3. The number of alkyl halides is 3. The van der Waals surface area contributed by atoms with Gasteiger partial charge in [0.25, 0.3) is 0 Å². The van der Waals surface area contributed by atoms with Crippen molar-refractivity contribution in [2.24, 2.45) is 0 Å². The number of hydrogen-bond donors (Lipinski definition) is 1. The molecule has 0 spiro atoms. The van der Waals surface area contributed by atoms with E-state index in [9.17, 15) is 18.0 Å². The van der Waals surface area contributed by atoms with Crippen LogP contribution in [0.5, 0.6) is 5.75 Å². The highest BCUT2D eigenvalue weighted by Crippen LogP contribution is 2.45. The number of carbonyl (C=O) groups is 1. The molecule has 3 aromatic carbocycles. The van der Waals surface area contributed by atoms with Crippen LogP contribution < -0.4 is 4.74 Å². The number of carboxylic acids is 1. The van der Waals surface area contributed by atoms with Gasteiger partial charge in [0.15, 0.2) is 6.61 Å². The fraction of sp³-hybridized carbons (Fsp3) is 0.148. The third-order valence-corrected chi connectivity index (χ3v) is 6.51. The molecule has 0 aliphatic rings. The number of ether oxygens (including phenoxy) is 1.